The molecule has 0 radical (unpaired) electrons. The normalized spacial score (nSPS) is 11.3. The van der Waals surface area contributed by atoms with Crippen molar-refractivity contribution in [2.75, 3.05) is 0 Å². The largest absolute Gasteiger partial charge is 0.456 e. The molecule has 2 heterocycles. The van der Waals surface area contributed by atoms with Crippen LogP contribution in [0.2, 0.25) is 0 Å². The highest BCUT2D eigenvalue weighted by Crippen LogP contribution is 2.36. The molecule has 4 heteroatoms. The SMILES string of the molecule is c1ccc(-c2cccc(-c3nc(-c4cccc(-c5ccccc5)c4)nc(-c4ccc5oc6ccc(-c7ccccc7)cc6c5c4)n3)c2)cc1. The first-order chi connectivity index (χ1) is 24.2. The molecule has 0 unspecified atom stereocenters. The molecule has 49 heavy (non-hydrogen) atoms. The van der Waals surface area contributed by atoms with Crippen LogP contribution in [-0.2, 0) is 0 Å². The van der Waals surface area contributed by atoms with Gasteiger partial charge in [0.15, 0.2) is 17.5 Å². The number of benzene rings is 7. The summed E-state index contributed by atoms with van der Waals surface area (Å²) in [6.07, 6.45) is 0. The van der Waals surface area contributed by atoms with Crippen molar-refractivity contribution < 1.29 is 4.42 Å². The molecule has 7 aromatic carbocycles. The molecule has 0 N–H and O–H groups in total. The third kappa shape index (κ3) is 5.56. The quantitative estimate of drug-likeness (QED) is 0.184. The van der Waals surface area contributed by atoms with Crippen LogP contribution in [0, 0.1) is 0 Å². The molecule has 0 saturated carbocycles. The molecule has 0 aliphatic rings. The van der Waals surface area contributed by atoms with Gasteiger partial charge < -0.3 is 4.42 Å². The molecule has 0 bridgehead atoms. The smallest absolute Gasteiger partial charge is 0.164 e. The summed E-state index contributed by atoms with van der Waals surface area (Å²) in [5.41, 5.74) is 11.2. The van der Waals surface area contributed by atoms with Crippen LogP contribution in [-0.4, -0.2) is 15.0 Å². The van der Waals surface area contributed by atoms with Crippen LogP contribution in [0.3, 0.4) is 0 Å². The van der Waals surface area contributed by atoms with Crippen molar-refractivity contribution in [2.24, 2.45) is 0 Å². The second-order valence-electron chi connectivity index (χ2n) is 12.1. The van der Waals surface area contributed by atoms with E-state index in [4.69, 9.17) is 19.4 Å². The second kappa shape index (κ2) is 12.2. The van der Waals surface area contributed by atoms with Gasteiger partial charge in [0.05, 0.1) is 0 Å². The van der Waals surface area contributed by atoms with Crippen LogP contribution >= 0.6 is 0 Å². The molecule has 9 aromatic rings. The van der Waals surface area contributed by atoms with E-state index in [1.54, 1.807) is 0 Å². The number of furan rings is 1. The Balaban J connectivity index is 1.21. The van der Waals surface area contributed by atoms with Gasteiger partial charge in [-0.2, -0.15) is 0 Å². The number of fused-ring (bicyclic) bond motifs is 3. The average Bonchev–Trinajstić information content (AvgIpc) is 3.56. The molecule has 0 amide bonds. The molecule has 4 nitrogen and oxygen atoms in total. The lowest BCUT2D eigenvalue weighted by atomic mass is 10.0. The third-order valence-corrected chi connectivity index (χ3v) is 8.93. The summed E-state index contributed by atoms with van der Waals surface area (Å²) >= 11 is 0. The summed E-state index contributed by atoms with van der Waals surface area (Å²) in [6.45, 7) is 0. The molecule has 0 saturated heterocycles. The van der Waals surface area contributed by atoms with Crippen molar-refractivity contribution in [3.63, 3.8) is 0 Å². The van der Waals surface area contributed by atoms with Gasteiger partial charge in [-0.15, -0.1) is 0 Å². The van der Waals surface area contributed by atoms with Gasteiger partial charge >= 0.3 is 0 Å². The fourth-order valence-electron chi connectivity index (χ4n) is 6.43. The first-order valence-corrected chi connectivity index (χ1v) is 16.4. The Hall–Kier alpha value is -6.65. The van der Waals surface area contributed by atoms with Gasteiger partial charge in [0, 0.05) is 27.5 Å². The number of rotatable bonds is 6. The highest BCUT2D eigenvalue weighted by atomic mass is 16.3. The fourth-order valence-corrected chi connectivity index (χ4v) is 6.43. The van der Waals surface area contributed by atoms with Gasteiger partial charge in [0.1, 0.15) is 11.2 Å². The Morgan fingerprint density at radius 2 is 0.592 bits per heavy atom. The van der Waals surface area contributed by atoms with Crippen molar-refractivity contribution in [1.82, 2.24) is 15.0 Å². The minimum atomic E-state index is 0.602. The highest BCUT2D eigenvalue weighted by molar-refractivity contribution is 6.07. The molecule has 0 atom stereocenters. The molecule has 9 rings (SSSR count). The maximum atomic E-state index is 6.28. The summed E-state index contributed by atoms with van der Waals surface area (Å²) in [6, 6.07) is 60.5. The van der Waals surface area contributed by atoms with E-state index in [1.807, 2.05) is 30.3 Å². The Morgan fingerprint density at radius 3 is 1.04 bits per heavy atom. The maximum Gasteiger partial charge on any atom is 0.164 e. The van der Waals surface area contributed by atoms with Crippen molar-refractivity contribution in [2.45, 2.75) is 0 Å². The van der Waals surface area contributed by atoms with Crippen molar-refractivity contribution in [3.8, 4) is 67.5 Å². The third-order valence-electron chi connectivity index (χ3n) is 8.93. The lowest BCUT2D eigenvalue weighted by molar-refractivity contribution is 0.669. The van der Waals surface area contributed by atoms with E-state index < -0.39 is 0 Å². The molecule has 0 aliphatic carbocycles. The van der Waals surface area contributed by atoms with E-state index in [2.05, 4.69) is 146 Å². The van der Waals surface area contributed by atoms with Crippen LogP contribution in [0.4, 0.5) is 0 Å². The minimum Gasteiger partial charge on any atom is -0.456 e. The molecular weight excluding hydrogens is 599 g/mol. The summed E-state index contributed by atoms with van der Waals surface area (Å²) in [4.78, 5) is 15.3. The molecular formula is C45H29N3O. The van der Waals surface area contributed by atoms with Crippen LogP contribution in [0.25, 0.3) is 89.5 Å². The summed E-state index contributed by atoms with van der Waals surface area (Å²) < 4.78 is 6.28. The van der Waals surface area contributed by atoms with Crippen LogP contribution < -0.4 is 0 Å². The van der Waals surface area contributed by atoms with E-state index in [9.17, 15) is 0 Å². The van der Waals surface area contributed by atoms with E-state index in [0.717, 1.165) is 72.0 Å². The number of hydrogen-bond acceptors (Lipinski definition) is 4. The molecule has 0 spiro atoms. The van der Waals surface area contributed by atoms with Gasteiger partial charge in [-0.25, -0.2) is 15.0 Å². The van der Waals surface area contributed by atoms with Crippen molar-refractivity contribution in [3.05, 3.63) is 176 Å². The standard InChI is InChI=1S/C45H29N3O/c1-4-12-30(13-5-1)33-18-10-20-36(26-33)43-46-44(37-21-11-19-34(27-37)31-14-6-2-7-15-31)48-45(47-43)38-23-25-42-40(29-38)39-28-35(22-24-41(39)49-42)32-16-8-3-9-17-32/h1-29H. The predicted molar refractivity (Wildman–Crippen MR) is 200 cm³/mol. The maximum absolute atomic E-state index is 6.28. The lowest BCUT2D eigenvalue weighted by Gasteiger charge is -2.11. The summed E-state index contributed by atoms with van der Waals surface area (Å²) in [7, 11) is 0. The van der Waals surface area contributed by atoms with Crippen molar-refractivity contribution in [1.29, 1.82) is 0 Å². The first kappa shape index (κ1) is 28.6. The zero-order valence-corrected chi connectivity index (χ0v) is 26.5. The molecule has 0 fully saturated rings. The van der Waals surface area contributed by atoms with E-state index in [1.165, 1.54) is 0 Å². The van der Waals surface area contributed by atoms with E-state index >= 15 is 0 Å². The Morgan fingerprint density at radius 1 is 0.265 bits per heavy atom. The monoisotopic (exact) mass is 627 g/mol. The number of nitrogens with zero attached hydrogens (tertiary/aromatic N) is 3. The fraction of sp³-hybridized carbons (Fsp3) is 0. The number of aromatic nitrogens is 3. The lowest BCUT2D eigenvalue weighted by Crippen LogP contribution is -2.00. The first-order valence-electron chi connectivity index (χ1n) is 16.4. The number of hydrogen-bond donors (Lipinski definition) is 0. The zero-order chi connectivity index (χ0) is 32.6. The Kier molecular flexibility index (Phi) is 7.10. The highest BCUT2D eigenvalue weighted by Gasteiger charge is 2.16. The molecule has 2 aromatic heterocycles. The van der Waals surface area contributed by atoms with E-state index in [0.29, 0.717) is 17.5 Å². The van der Waals surface area contributed by atoms with Crippen LogP contribution in [0.1, 0.15) is 0 Å². The molecule has 0 aliphatic heterocycles. The van der Waals surface area contributed by atoms with Gasteiger partial charge in [-0.1, -0.05) is 133 Å². The van der Waals surface area contributed by atoms with Gasteiger partial charge in [-0.3, -0.25) is 0 Å². The van der Waals surface area contributed by atoms with E-state index in [-0.39, 0.29) is 0 Å². The topological polar surface area (TPSA) is 51.8 Å². The van der Waals surface area contributed by atoms with Crippen LogP contribution in [0.5, 0.6) is 0 Å². The average molecular weight is 628 g/mol. The predicted octanol–water partition coefficient (Wildman–Crippen LogP) is 11.8. The Bertz CT molecular complexity index is 2490. The molecule has 230 valence electrons. The minimum absolute atomic E-state index is 0.602. The Labute approximate surface area is 284 Å². The zero-order valence-electron chi connectivity index (χ0n) is 26.5. The van der Waals surface area contributed by atoms with Gasteiger partial charge in [0.25, 0.3) is 0 Å². The summed E-state index contributed by atoms with van der Waals surface area (Å²) in [5.74, 6) is 1.84. The van der Waals surface area contributed by atoms with Gasteiger partial charge in [0.2, 0.25) is 0 Å². The van der Waals surface area contributed by atoms with Gasteiger partial charge in [-0.05, 0) is 75.8 Å². The second-order valence-corrected chi connectivity index (χ2v) is 12.1. The van der Waals surface area contributed by atoms with Crippen molar-refractivity contribution >= 4 is 21.9 Å². The summed E-state index contributed by atoms with van der Waals surface area (Å²) in [5, 5.41) is 2.07. The van der Waals surface area contributed by atoms with Crippen LogP contribution in [0.15, 0.2) is 180 Å².